The van der Waals surface area contributed by atoms with E-state index in [1.807, 2.05) is 84.9 Å². The van der Waals surface area contributed by atoms with Gasteiger partial charge in [-0.1, -0.05) is 72.8 Å². The van der Waals surface area contributed by atoms with Crippen molar-refractivity contribution >= 4 is 17.9 Å². The summed E-state index contributed by atoms with van der Waals surface area (Å²) in [4.78, 5) is 19.9. The number of nitrogens with two attached hydrogens (primary N) is 2. The predicted octanol–water partition coefficient (Wildman–Crippen LogP) is 3.16. The molecule has 5 heteroatoms. The predicted molar refractivity (Wildman–Crippen MR) is 114 cm³/mol. The number of aliphatic imine (C=N–C) groups is 1. The zero-order valence-corrected chi connectivity index (χ0v) is 15.8. The van der Waals surface area contributed by atoms with Gasteiger partial charge in [0.05, 0.1) is 6.34 Å². The average molecular weight is 372 g/mol. The number of hydrogen-bond acceptors (Lipinski definition) is 3. The molecule has 0 spiro atoms. The van der Waals surface area contributed by atoms with E-state index in [4.69, 9.17) is 11.5 Å². The molecule has 0 aliphatic rings. The fourth-order valence-corrected chi connectivity index (χ4v) is 3.33. The number of likely N-dealkylation sites (N-methyl/N-ethyl adjacent to an activating group) is 1. The summed E-state index contributed by atoms with van der Waals surface area (Å²) in [7, 11) is 1.77. The molecule has 5 nitrogen and oxygen atoms in total. The lowest BCUT2D eigenvalue weighted by Crippen LogP contribution is -2.45. The Bertz CT molecular complexity index is 898. The van der Waals surface area contributed by atoms with Crippen LogP contribution in [0.2, 0.25) is 0 Å². The average Bonchev–Trinajstić information content (AvgIpc) is 2.74. The first-order chi connectivity index (χ1) is 13.6. The molecule has 3 aromatic carbocycles. The van der Waals surface area contributed by atoms with Crippen LogP contribution in [0.3, 0.4) is 0 Å². The molecule has 3 rings (SSSR count). The Morgan fingerprint density at radius 1 is 0.929 bits per heavy atom. The highest BCUT2D eigenvalue weighted by molar-refractivity contribution is 5.93. The molecule has 0 unspecified atom stereocenters. The van der Waals surface area contributed by atoms with E-state index in [0.717, 1.165) is 16.7 Å². The maximum absolute atomic E-state index is 13.8. The van der Waals surface area contributed by atoms with Crippen molar-refractivity contribution in [2.75, 3.05) is 12.8 Å². The highest BCUT2D eigenvalue weighted by Gasteiger charge is 2.43. The molecular formula is C23H24N4O. The van der Waals surface area contributed by atoms with Crippen LogP contribution in [0, 0.1) is 0 Å². The first kappa shape index (κ1) is 19.2. The number of nitrogen functional groups attached to an aromatic ring is 1. The Balaban J connectivity index is 2.07. The quantitative estimate of drug-likeness (QED) is 0.396. The Hall–Kier alpha value is -3.60. The molecule has 3 aromatic rings. The Morgan fingerprint density at radius 3 is 1.89 bits per heavy atom. The second-order valence-corrected chi connectivity index (χ2v) is 6.62. The SMILES string of the molecule is CN(Cc1ccc(N)cc1)C(=O)C(N=CN)(c1ccccc1)c1ccccc1. The summed E-state index contributed by atoms with van der Waals surface area (Å²) in [5, 5.41) is 0. The van der Waals surface area contributed by atoms with Crippen LogP contribution in [0.15, 0.2) is 89.9 Å². The number of carbonyl (C=O) groups is 1. The highest BCUT2D eigenvalue weighted by atomic mass is 16.2. The standard InChI is InChI=1S/C23H24N4O/c1-27(16-18-12-14-21(25)15-13-18)22(28)23(26-17-24,19-8-4-2-5-9-19)20-10-6-3-7-11-20/h2-15,17H,16,25H2,1H3,(H2,24,26). The van der Waals surface area contributed by atoms with Gasteiger partial charge in [-0.2, -0.15) is 0 Å². The first-order valence-corrected chi connectivity index (χ1v) is 9.04. The van der Waals surface area contributed by atoms with Gasteiger partial charge in [0, 0.05) is 19.3 Å². The number of amides is 1. The lowest BCUT2D eigenvalue weighted by Gasteiger charge is -2.33. The van der Waals surface area contributed by atoms with E-state index in [9.17, 15) is 4.79 Å². The second kappa shape index (κ2) is 8.39. The number of nitrogens with zero attached hydrogens (tertiary/aromatic N) is 2. The Morgan fingerprint density at radius 2 is 1.43 bits per heavy atom. The summed E-state index contributed by atoms with van der Waals surface area (Å²) in [5.41, 5.74) is 13.4. The zero-order chi connectivity index (χ0) is 20.0. The molecule has 0 saturated heterocycles. The number of carbonyl (C=O) groups excluding carboxylic acids is 1. The lowest BCUT2D eigenvalue weighted by atomic mass is 9.82. The van der Waals surface area contributed by atoms with Gasteiger partial charge in [0.25, 0.3) is 5.91 Å². The number of benzene rings is 3. The number of hydrogen-bond donors (Lipinski definition) is 2. The molecule has 0 aromatic heterocycles. The first-order valence-electron chi connectivity index (χ1n) is 9.04. The summed E-state index contributed by atoms with van der Waals surface area (Å²) in [6, 6.07) is 26.5. The fraction of sp³-hybridized carbons (Fsp3) is 0.130. The van der Waals surface area contributed by atoms with E-state index in [1.54, 1.807) is 11.9 Å². The smallest absolute Gasteiger partial charge is 0.259 e. The van der Waals surface area contributed by atoms with Gasteiger partial charge in [-0.25, -0.2) is 4.99 Å². The van der Waals surface area contributed by atoms with Gasteiger partial charge in [0.1, 0.15) is 0 Å². The fourth-order valence-electron chi connectivity index (χ4n) is 3.33. The largest absolute Gasteiger partial charge is 0.399 e. The molecule has 142 valence electrons. The molecular weight excluding hydrogens is 348 g/mol. The Kier molecular flexibility index (Phi) is 5.75. The molecule has 0 bridgehead atoms. The van der Waals surface area contributed by atoms with Gasteiger partial charge in [-0.3, -0.25) is 4.79 Å². The van der Waals surface area contributed by atoms with E-state index in [2.05, 4.69) is 4.99 Å². The summed E-state index contributed by atoms with van der Waals surface area (Å²) in [6.07, 6.45) is 1.20. The lowest BCUT2D eigenvalue weighted by molar-refractivity contribution is -0.134. The van der Waals surface area contributed by atoms with Crippen LogP contribution in [-0.2, 0) is 16.9 Å². The van der Waals surface area contributed by atoms with Crippen molar-refractivity contribution in [1.82, 2.24) is 4.90 Å². The van der Waals surface area contributed by atoms with Gasteiger partial charge in [-0.15, -0.1) is 0 Å². The third-order valence-electron chi connectivity index (χ3n) is 4.71. The minimum absolute atomic E-state index is 0.163. The minimum atomic E-state index is -1.25. The van der Waals surface area contributed by atoms with Gasteiger partial charge >= 0.3 is 0 Å². The van der Waals surface area contributed by atoms with E-state index in [-0.39, 0.29) is 5.91 Å². The van der Waals surface area contributed by atoms with Crippen molar-refractivity contribution in [1.29, 1.82) is 0 Å². The molecule has 0 aliphatic heterocycles. The maximum Gasteiger partial charge on any atom is 0.259 e. The van der Waals surface area contributed by atoms with Crippen LogP contribution in [-0.4, -0.2) is 24.2 Å². The van der Waals surface area contributed by atoms with E-state index < -0.39 is 5.54 Å². The molecule has 0 atom stereocenters. The molecule has 0 radical (unpaired) electrons. The van der Waals surface area contributed by atoms with Crippen LogP contribution < -0.4 is 11.5 Å². The maximum atomic E-state index is 13.8. The molecule has 0 fully saturated rings. The topological polar surface area (TPSA) is 84.7 Å². The van der Waals surface area contributed by atoms with Gasteiger partial charge in [0.2, 0.25) is 0 Å². The van der Waals surface area contributed by atoms with E-state index >= 15 is 0 Å². The van der Waals surface area contributed by atoms with Crippen molar-refractivity contribution in [3.05, 3.63) is 102 Å². The third-order valence-corrected chi connectivity index (χ3v) is 4.71. The normalized spacial score (nSPS) is 11.5. The third kappa shape index (κ3) is 3.74. The molecule has 0 saturated carbocycles. The van der Waals surface area contributed by atoms with Crippen LogP contribution in [0.1, 0.15) is 16.7 Å². The number of anilines is 1. The van der Waals surface area contributed by atoms with E-state index in [0.29, 0.717) is 12.2 Å². The van der Waals surface area contributed by atoms with Crippen molar-refractivity contribution in [2.24, 2.45) is 10.7 Å². The van der Waals surface area contributed by atoms with Crippen molar-refractivity contribution in [3.8, 4) is 0 Å². The van der Waals surface area contributed by atoms with Crippen molar-refractivity contribution in [3.63, 3.8) is 0 Å². The van der Waals surface area contributed by atoms with Crippen LogP contribution >= 0.6 is 0 Å². The minimum Gasteiger partial charge on any atom is -0.399 e. The second-order valence-electron chi connectivity index (χ2n) is 6.62. The summed E-state index contributed by atoms with van der Waals surface area (Å²) in [5.74, 6) is -0.163. The molecule has 1 amide bonds. The van der Waals surface area contributed by atoms with Crippen LogP contribution in [0.5, 0.6) is 0 Å². The van der Waals surface area contributed by atoms with Crippen LogP contribution in [0.25, 0.3) is 0 Å². The molecule has 0 heterocycles. The van der Waals surface area contributed by atoms with Crippen LogP contribution in [0.4, 0.5) is 5.69 Å². The monoisotopic (exact) mass is 372 g/mol. The van der Waals surface area contributed by atoms with Gasteiger partial charge in [-0.05, 0) is 28.8 Å². The van der Waals surface area contributed by atoms with Crippen molar-refractivity contribution < 1.29 is 4.79 Å². The molecule has 0 aliphatic carbocycles. The molecule has 4 N–H and O–H groups in total. The highest BCUT2D eigenvalue weighted by Crippen LogP contribution is 2.36. The van der Waals surface area contributed by atoms with Gasteiger partial charge in [0.15, 0.2) is 5.54 Å². The van der Waals surface area contributed by atoms with Crippen molar-refractivity contribution in [2.45, 2.75) is 12.1 Å². The summed E-state index contributed by atoms with van der Waals surface area (Å²) < 4.78 is 0. The van der Waals surface area contributed by atoms with E-state index in [1.165, 1.54) is 6.34 Å². The Labute approximate surface area is 165 Å². The van der Waals surface area contributed by atoms with Gasteiger partial charge < -0.3 is 16.4 Å². The zero-order valence-electron chi connectivity index (χ0n) is 15.8. The number of rotatable bonds is 6. The summed E-state index contributed by atoms with van der Waals surface area (Å²) in [6.45, 7) is 0.431. The molecule has 28 heavy (non-hydrogen) atoms. The summed E-state index contributed by atoms with van der Waals surface area (Å²) >= 11 is 0.